The third-order valence-corrected chi connectivity index (χ3v) is 6.81. The number of amides is 1. The van der Waals surface area contributed by atoms with Gasteiger partial charge in [-0.3, -0.25) is 23.8 Å². The summed E-state index contributed by atoms with van der Waals surface area (Å²) in [7, 11) is 3.16. The maximum atomic E-state index is 13.3. The zero-order chi connectivity index (χ0) is 22.6. The maximum absolute atomic E-state index is 13.3. The molecule has 0 radical (unpaired) electrons. The molecule has 1 saturated heterocycles. The lowest BCUT2D eigenvalue weighted by Crippen LogP contribution is -2.52. The van der Waals surface area contributed by atoms with Crippen molar-refractivity contribution in [3.8, 4) is 11.3 Å². The topological polar surface area (TPSA) is 96.2 Å². The number of hydrogen-bond donors (Lipinski definition) is 1. The van der Waals surface area contributed by atoms with Crippen LogP contribution in [0.4, 0.5) is 5.69 Å². The number of nitrogens with zero attached hydrogens (tertiary/aromatic N) is 5. The number of rotatable bonds is 2. The number of nitrogens with one attached hydrogen (secondary N) is 1. The average molecular weight is 435 g/mol. The largest absolute Gasteiger partial charge is 0.362 e. The van der Waals surface area contributed by atoms with Gasteiger partial charge in [0, 0.05) is 57.1 Å². The minimum absolute atomic E-state index is 0.0529. The number of carbonyl (C=O) groups is 1. The first-order chi connectivity index (χ1) is 15.4. The molecule has 3 aromatic rings. The fourth-order valence-electron chi connectivity index (χ4n) is 4.82. The minimum Gasteiger partial charge on any atom is -0.362 e. The summed E-state index contributed by atoms with van der Waals surface area (Å²) in [5, 5.41) is 7.46. The molecular weight excluding hydrogens is 408 g/mol. The Labute approximate surface area is 184 Å². The van der Waals surface area contributed by atoms with E-state index in [-0.39, 0.29) is 17.2 Å². The Kier molecular flexibility index (Phi) is 4.76. The van der Waals surface area contributed by atoms with Crippen LogP contribution in [0.15, 0.2) is 33.9 Å². The molecule has 0 bridgehead atoms. The third kappa shape index (κ3) is 2.99. The van der Waals surface area contributed by atoms with Crippen LogP contribution < -0.4 is 16.1 Å². The quantitative estimate of drug-likeness (QED) is 0.645. The molecule has 0 unspecified atom stereocenters. The van der Waals surface area contributed by atoms with Crippen LogP contribution in [0.3, 0.4) is 0 Å². The van der Waals surface area contributed by atoms with Crippen molar-refractivity contribution in [3.63, 3.8) is 0 Å². The van der Waals surface area contributed by atoms with Crippen LogP contribution in [-0.2, 0) is 26.9 Å². The number of fused-ring (bicyclic) bond motifs is 3. The Bertz CT molecular complexity index is 1340. The number of aromatic amines is 1. The number of hydrogen-bond acceptors (Lipinski definition) is 5. The van der Waals surface area contributed by atoms with E-state index in [4.69, 9.17) is 0 Å². The predicted octanol–water partition coefficient (Wildman–Crippen LogP) is 0.844. The monoisotopic (exact) mass is 434 g/mol. The van der Waals surface area contributed by atoms with Crippen molar-refractivity contribution in [3.05, 3.63) is 67.6 Å². The van der Waals surface area contributed by atoms with Crippen molar-refractivity contribution in [1.82, 2.24) is 24.2 Å². The van der Waals surface area contributed by atoms with Gasteiger partial charge in [0.25, 0.3) is 11.5 Å². The van der Waals surface area contributed by atoms with Crippen molar-refractivity contribution in [2.75, 3.05) is 31.1 Å². The number of aromatic nitrogens is 4. The van der Waals surface area contributed by atoms with Gasteiger partial charge in [-0.15, -0.1) is 0 Å². The van der Waals surface area contributed by atoms with Crippen LogP contribution in [0.2, 0.25) is 0 Å². The van der Waals surface area contributed by atoms with Gasteiger partial charge in [0.05, 0.1) is 5.69 Å². The summed E-state index contributed by atoms with van der Waals surface area (Å²) in [6, 6.07) is 8.19. The van der Waals surface area contributed by atoms with E-state index < -0.39 is 0 Å². The van der Waals surface area contributed by atoms with Crippen molar-refractivity contribution < 1.29 is 4.79 Å². The molecule has 1 N–H and O–H groups in total. The Hall–Kier alpha value is -3.62. The second-order valence-corrected chi connectivity index (χ2v) is 8.50. The van der Waals surface area contributed by atoms with Gasteiger partial charge in [-0.1, -0.05) is 24.3 Å². The zero-order valence-electron chi connectivity index (χ0n) is 18.5. The molecule has 32 heavy (non-hydrogen) atoms. The number of carbonyl (C=O) groups excluding carboxylic acids is 1. The Morgan fingerprint density at radius 2 is 1.72 bits per heavy atom. The second kappa shape index (κ2) is 7.51. The van der Waals surface area contributed by atoms with E-state index in [0.29, 0.717) is 43.3 Å². The average Bonchev–Trinajstić information content (AvgIpc) is 3.26. The number of H-pyrrole nitrogens is 1. The Morgan fingerprint density at radius 3 is 2.47 bits per heavy atom. The van der Waals surface area contributed by atoms with Crippen LogP contribution in [0.1, 0.15) is 27.3 Å². The van der Waals surface area contributed by atoms with E-state index in [1.807, 2.05) is 21.9 Å². The third-order valence-electron chi connectivity index (χ3n) is 6.81. The van der Waals surface area contributed by atoms with Gasteiger partial charge in [0.1, 0.15) is 11.4 Å². The molecule has 1 fully saturated rings. The fourth-order valence-corrected chi connectivity index (χ4v) is 4.82. The van der Waals surface area contributed by atoms with Crippen LogP contribution in [0, 0.1) is 6.92 Å². The lowest BCUT2D eigenvalue weighted by molar-refractivity contribution is 0.0739. The first-order valence-corrected chi connectivity index (χ1v) is 10.8. The molecule has 166 valence electrons. The Morgan fingerprint density at radius 1 is 1.00 bits per heavy atom. The van der Waals surface area contributed by atoms with Gasteiger partial charge in [0.15, 0.2) is 0 Å². The first kappa shape index (κ1) is 20.3. The highest BCUT2D eigenvalue weighted by Crippen LogP contribution is 2.33. The molecular formula is C23H26N6O3. The predicted molar refractivity (Wildman–Crippen MR) is 121 cm³/mol. The van der Waals surface area contributed by atoms with Crippen molar-refractivity contribution >= 4 is 11.6 Å². The van der Waals surface area contributed by atoms with E-state index in [1.54, 1.807) is 14.0 Å². The number of anilines is 1. The summed E-state index contributed by atoms with van der Waals surface area (Å²) in [5.74, 6) is -0.0529. The van der Waals surface area contributed by atoms with Gasteiger partial charge in [0.2, 0.25) is 0 Å². The normalized spacial score (nSPS) is 15.5. The Balaban J connectivity index is 1.37. The van der Waals surface area contributed by atoms with Gasteiger partial charge in [-0.25, -0.2) is 4.79 Å². The molecule has 1 aliphatic heterocycles. The van der Waals surface area contributed by atoms with Gasteiger partial charge in [-0.2, -0.15) is 5.10 Å². The van der Waals surface area contributed by atoms with Gasteiger partial charge in [-0.05, 0) is 25.3 Å². The van der Waals surface area contributed by atoms with Crippen LogP contribution in [-0.4, -0.2) is 56.3 Å². The summed E-state index contributed by atoms with van der Waals surface area (Å²) in [6.07, 6.45) is 1.68. The maximum Gasteiger partial charge on any atom is 0.330 e. The molecule has 1 amide bonds. The highest BCUT2D eigenvalue weighted by molar-refractivity contribution is 5.96. The standard InChI is InChI=1S/C23H26N6O3/c1-14-20(22(31)27(3)23(32)26(14)2)28-10-12-29(13-11-28)21(30)19-17-9-8-15-6-4-5-7-16(15)18(17)24-25-19/h4-7H,8-13H2,1-3H3,(H,24,25). The minimum atomic E-state index is -0.337. The summed E-state index contributed by atoms with van der Waals surface area (Å²) < 4.78 is 2.62. The summed E-state index contributed by atoms with van der Waals surface area (Å²) >= 11 is 0. The van der Waals surface area contributed by atoms with Gasteiger partial charge >= 0.3 is 5.69 Å². The summed E-state index contributed by atoms with van der Waals surface area (Å²) in [4.78, 5) is 42.0. The molecule has 1 aliphatic carbocycles. The van der Waals surface area contributed by atoms with E-state index in [0.717, 1.165) is 34.2 Å². The van der Waals surface area contributed by atoms with Crippen molar-refractivity contribution in [1.29, 1.82) is 0 Å². The fraction of sp³-hybridized carbons (Fsp3) is 0.391. The molecule has 2 aliphatic rings. The SMILES string of the molecule is Cc1c(N2CCN(C(=O)c3[nH]nc4c3CCc3ccccc3-4)CC2)c(=O)n(C)c(=O)n1C. The summed E-state index contributed by atoms with van der Waals surface area (Å²) in [6.45, 7) is 3.83. The van der Waals surface area contributed by atoms with E-state index in [1.165, 1.54) is 17.2 Å². The highest BCUT2D eigenvalue weighted by Gasteiger charge is 2.30. The molecule has 3 heterocycles. The summed E-state index contributed by atoms with van der Waals surface area (Å²) in [5.41, 5.74) is 5.30. The van der Waals surface area contributed by atoms with E-state index in [2.05, 4.69) is 22.3 Å². The molecule has 9 nitrogen and oxygen atoms in total. The van der Waals surface area contributed by atoms with E-state index >= 15 is 0 Å². The molecule has 1 aromatic carbocycles. The van der Waals surface area contributed by atoms with Crippen molar-refractivity contribution in [2.24, 2.45) is 14.1 Å². The number of aryl methyl sites for hydroxylation is 1. The molecule has 0 atom stereocenters. The number of benzene rings is 1. The van der Waals surface area contributed by atoms with Crippen LogP contribution in [0.5, 0.6) is 0 Å². The van der Waals surface area contributed by atoms with Crippen molar-refractivity contribution in [2.45, 2.75) is 19.8 Å². The lowest BCUT2D eigenvalue weighted by Gasteiger charge is -2.36. The first-order valence-electron chi connectivity index (χ1n) is 10.8. The van der Waals surface area contributed by atoms with Crippen LogP contribution in [0.25, 0.3) is 11.3 Å². The van der Waals surface area contributed by atoms with Crippen LogP contribution >= 0.6 is 0 Å². The molecule has 5 rings (SSSR count). The molecule has 0 saturated carbocycles. The molecule has 9 heteroatoms. The lowest BCUT2D eigenvalue weighted by atomic mass is 9.89. The number of piperazine rings is 1. The van der Waals surface area contributed by atoms with E-state index in [9.17, 15) is 14.4 Å². The highest BCUT2D eigenvalue weighted by atomic mass is 16.2. The smallest absolute Gasteiger partial charge is 0.330 e. The molecule has 2 aromatic heterocycles. The molecule has 0 spiro atoms. The second-order valence-electron chi connectivity index (χ2n) is 8.50. The zero-order valence-corrected chi connectivity index (χ0v) is 18.5. The van der Waals surface area contributed by atoms with Gasteiger partial charge < -0.3 is 9.80 Å².